The molecule has 0 bridgehead atoms. The van der Waals surface area contributed by atoms with Gasteiger partial charge in [-0.25, -0.2) is 8.78 Å². The molecule has 2 aromatic rings. The zero-order chi connectivity index (χ0) is 14.5. The fraction of sp³-hybridized carbons (Fsp3) is 0.188. The van der Waals surface area contributed by atoms with Gasteiger partial charge >= 0.3 is 0 Å². The predicted octanol–water partition coefficient (Wildman–Crippen LogP) is 3.75. The molecule has 20 heavy (non-hydrogen) atoms. The summed E-state index contributed by atoms with van der Waals surface area (Å²) in [6.45, 7) is 1.81. The Bertz CT molecular complexity index is 597. The lowest BCUT2D eigenvalue weighted by Gasteiger charge is -2.12. The second-order valence-electron chi connectivity index (χ2n) is 4.43. The van der Waals surface area contributed by atoms with Gasteiger partial charge in [0.1, 0.15) is 17.7 Å². The summed E-state index contributed by atoms with van der Waals surface area (Å²) in [5, 5.41) is 0. The van der Waals surface area contributed by atoms with Crippen molar-refractivity contribution < 1.29 is 18.3 Å². The maximum Gasteiger partial charge on any atom is 0.194 e. The van der Waals surface area contributed by atoms with Crippen molar-refractivity contribution in [3.63, 3.8) is 0 Å². The van der Waals surface area contributed by atoms with Gasteiger partial charge in [-0.3, -0.25) is 4.79 Å². The quantitative estimate of drug-likeness (QED) is 0.777. The first-order valence-corrected chi connectivity index (χ1v) is 6.22. The summed E-state index contributed by atoms with van der Waals surface area (Å²) >= 11 is 0. The third kappa shape index (κ3) is 3.48. The number of benzene rings is 2. The molecule has 0 radical (unpaired) electrons. The van der Waals surface area contributed by atoms with E-state index < -0.39 is 23.5 Å². The number of halogens is 2. The Hall–Kier alpha value is -2.07. The normalized spacial score (nSPS) is 12.2. The standard InChI is InChI=1S/C16H14F2O2/c1-11(20-10-12-5-3-2-4-6-12)16(19)14-8-7-13(17)9-15(14)18/h2-9,11H,10H2,1H3. The Morgan fingerprint density at radius 1 is 1.15 bits per heavy atom. The van der Waals surface area contributed by atoms with Crippen molar-refractivity contribution in [2.24, 2.45) is 0 Å². The van der Waals surface area contributed by atoms with Crippen molar-refractivity contribution in [2.75, 3.05) is 0 Å². The molecule has 2 aromatic carbocycles. The van der Waals surface area contributed by atoms with Gasteiger partial charge in [0.2, 0.25) is 0 Å². The molecule has 0 aromatic heterocycles. The van der Waals surface area contributed by atoms with E-state index in [1.54, 1.807) is 6.92 Å². The van der Waals surface area contributed by atoms with Crippen molar-refractivity contribution in [3.05, 3.63) is 71.3 Å². The molecule has 0 amide bonds. The second kappa shape index (κ2) is 6.39. The first-order valence-electron chi connectivity index (χ1n) is 6.22. The van der Waals surface area contributed by atoms with E-state index in [1.807, 2.05) is 30.3 Å². The Morgan fingerprint density at radius 2 is 1.85 bits per heavy atom. The van der Waals surface area contributed by atoms with Crippen LogP contribution in [0.15, 0.2) is 48.5 Å². The molecule has 1 atom stereocenters. The molecule has 0 heterocycles. The molecule has 0 N–H and O–H groups in total. The summed E-state index contributed by atoms with van der Waals surface area (Å²) in [7, 11) is 0. The fourth-order valence-corrected chi connectivity index (χ4v) is 1.78. The number of carbonyl (C=O) groups is 1. The van der Waals surface area contributed by atoms with E-state index in [9.17, 15) is 13.6 Å². The van der Waals surface area contributed by atoms with Gasteiger partial charge < -0.3 is 4.74 Å². The van der Waals surface area contributed by atoms with Crippen LogP contribution in [0.2, 0.25) is 0 Å². The number of Topliss-reactive ketones (excluding diaryl/α,β-unsaturated/α-hetero) is 1. The Kier molecular flexibility index (Phi) is 4.58. The van der Waals surface area contributed by atoms with Crippen molar-refractivity contribution in [1.82, 2.24) is 0 Å². The highest BCUT2D eigenvalue weighted by Gasteiger charge is 2.19. The van der Waals surface area contributed by atoms with Gasteiger partial charge in [0.15, 0.2) is 5.78 Å². The fourth-order valence-electron chi connectivity index (χ4n) is 1.78. The van der Waals surface area contributed by atoms with Crippen LogP contribution in [0.1, 0.15) is 22.8 Å². The molecular weight excluding hydrogens is 262 g/mol. The van der Waals surface area contributed by atoms with Crippen LogP contribution in [0.5, 0.6) is 0 Å². The molecule has 2 nitrogen and oxygen atoms in total. The number of rotatable bonds is 5. The molecule has 0 aliphatic carbocycles. The smallest absolute Gasteiger partial charge is 0.194 e. The van der Waals surface area contributed by atoms with Crippen molar-refractivity contribution in [1.29, 1.82) is 0 Å². The number of ketones is 1. The highest BCUT2D eigenvalue weighted by molar-refractivity contribution is 5.99. The lowest BCUT2D eigenvalue weighted by molar-refractivity contribution is 0.0408. The van der Waals surface area contributed by atoms with Crippen molar-refractivity contribution in [2.45, 2.75) is 19.6 Å². The van der Waals surface area contributed by atoms with Gasteiger partial charge in [-0.2, -0.15) is 0 Å². The molecular formula is C16H14F2O2. The topological polar surface area (TPSA) is 26.3 Å². The Labute approximate surface area is 116 Å². The molecule has 104 valence electrons. The lowest BCUT2D eigenvalue weighted by atomic mass is 10.1. The van der Waals surface area contributed by atoms with Crippen LogP contribution in [-0.2, 0) is 11.3 Å². The first kappa shape index (κ1) is 14.3. The van der Waals surface area contributed by atoms with Crippen LogP contribution in [0.3, 0.4) is 0 Å². The molecule has 4 heteroatoms. The molecule has 0 aliphatic heterocycles. The molecule has 0 spiro atoms. The van der Waals surface area contributed by atoms with Gasteiger partial charge in [0.05, 0.1) is 12.2 Å². The molecule has 1 unspecified atom stereocenters. The second-order valence-corrected chi connectivity index (χ2v) is 4.43. The minimum absolute atomic E-state index is 0.160. The summed E-state index contributed by atoms with van der Waals surface area (Å²) in [4.78, 5) is 12.0. The third-order valence-corrected chi connectivity index (χ3v) is 2.91. The first-order chi connectivity index (χ1) is 9.58. The summed E-state index contributed by atoms with van der Waals surface area (Å²) in [5.74, 6) is -2.08. The van der Waals surface area contributed by atoms with Crippen LogP contribution in [0.25, 0.3) is 0 Å². The molecule has 0 saturated heterocycles. The van der Waals surface area contributed by atoms with Crippen LogP contribution in [0.4, 0.5) is 8.78 Å². The maximum absolute atomic E-state index is 13.5. The maximum atomic E-state index is 13.5. The zero-order valence-corrected chi connectivity index (χ0v) is 11.0. The van der Waals surface area contributed by atoms with Gasteiger partial charge in [-0.05, 0) is 24.6 Å². The third-order valence-electron chi connectivity index (χ3n) is 2.91. The van der Waals surface area contributed by atoms with Gasteiger partial charge in [-0.1, -0.05) is 30.3 Å². The highest BCUT2D eigenvalue weighted by Crippen LogP contribution is 2.14. The van der Waals surface area contributed by atoms with E-state index in [4.69, 9.17) is 4.74 Å². The largest absolute Gasteiger partial charge is 0.366 e. The van der Waals surface area contributed by atoms with E-state index >= 15 is 0 Å². The van der Waals surface area contributed by atoms with Crippen molar-refractivity contribution in [3.8, 4) is 0 Å². The van der Waals surface area contributed by atoms with Crippen LogP contribution < -0.4 is 0 Å². The molecule has 2 rings (SSSR count). The van der Waals surface area contributed by atoms with Crippen molar-refractivity contribution >= 4 is 5.78 Å². The molecule has 0 fully saturated rings. The zero-order valence-electron chi connectivity index (χ0n) is 11.0. The average molecular weight is 276 g/mol. The minimum atomic E-state index is -0.870. The van der Waals surface area contributed by atoms with Gasteiger partial charge in [0.25, 0.3) is 0 Å². The van der Waals surface area contributed by atoms with Gasteiger partial charge in [-0.15, -0.1) is 0 Å². The van der Waals surface area contributed by atoms with Crippen LogP contribution in [-0.4, -0.2) is 11.9 Å². The molecule has 0 aliphatic rings. The van der Waals surface area contributed by atoms with Crippen LogP contribution >= 0.6 is 0 Å². The minimum Gasteiger partial charge on any atom is -0.366 e. The van der Waals surface area contributed by atoms with E-state index in [0.717, 1.165) is 17.7 Å². The molecule has 0 saturated carbocycles. The summed E-state index contributed by atoms with van der Waals surface area (Å²) in [6, 6.07) is 12.2. The van der Waals surface area contributed by atoms with E-state index in [2.05, 4.69) is 0 Å². The Balaban J connectivity index is 2.01. The number of ether oxygens (including phenoxy) is 1. The van der Waals surface area contributed by atoms with E-state index in [0.29, 0.717) is 6.07 Å². The summed E-state index contributed by atoms with van der Waals surface area (Å²) < 4.78 is 31.7. The Morgan fingerprint density at radius 3 is 2.50 bits per heavy atom. The average Bonchev–Trinajstić information content (AvgIpc) is 2.45. The van der Waals surface area contributed by atoms with E-state index in [-0.39, 0.29) is 12.2 Å². The summed E-state index contributed by atoms with van der Waals surface area (Å²) in [5.41, 5.74) is 0.763. The lowest BCUT2D eigenvalue weighted by Crippen LogP contribution is -2.22. The highest BCUT2D eigenvalue weighted by atomic mass is 19.1. The monoisotopic (exact) mass is 276 g/mol. The van der Waals surface area contributed by atoms with Crippen LogP contribution in [0, 0.1) is 11.6 Å². The number of hydrogen-bond acceptors (Lipinski definition) is 2. The summed E-state index contributed by atoms with van der Waals surface area (Å²) in [6.07, 6.45) is -0.796. The van der Waals surface area contributed by atoms with Gasteiger partial charge in [0, 0.05) is 6.07 Å². The SMILES string of the molecule is CC(OCc1ccccc1)C(=O)c1ccc(F)cc1F. The number of hydrogen-bond donors (Lipinski definition) is 0. The predicted molar refractivity (Wildman–Crippen MR) is 71.4 cm³/mol. The number of carbonyl (C=O) groups excluding carboxylic acids is 1. The van der Waals surface area contributed by atoms with E-state index in [1.165, 1.54) is 0 Å².